The number of rotatable bonds is 0. The summed E-state index contributed by atoms with van der Waals surface area (Å²) < 4.78 is 0. The van der Waals surface area contributed by atoms with Gasteiger partial charge >= 0.3 is 0 Å². The number of aromatic nitrogens is 1. The van der Waals surface area contributed by atoms with Gasteiger partial charge in [-0.3, -0.25) is 4.98 Å². The van der Waals surface area contributed by atoms with Crippen molar-refractivity contribution in [1.82, 2.24) is 4.98 Å². The Bertz CT molecular complexity index is 401. The third kappa shape index (κ3) is 3.81. The predicted molar refractivity (Wildman–Crippen MR) is 77.4 cm³/mol. The van der Waals surface area contributed by atoms with Crippen LogP contribution in [0.3, 0.4) is 0 Å². The highest BCUT2D eigenvalue weighted by Gasteiger charge is 2.18. The molecule has 0 aliphatic rings. The van der Waals surface area contributed by atoms with Crippen LogP contribution in [0.1, 0.15) is 0 Å². The largest absolute Gasteiger partial charge is 0.505 e. The van der Waals surface area contributed by atoms with Gasteiger partial charge in [-0.2, -0.15) is 0 Å². The van der Waals surface area contributed by atoms with E-state index >= 15 is 0 Å². The highest BCUT2D eigenvalue weighted by molar-refractivity contribution is 6.55. The fourth-order valence-corrected chi connectivity index (χ4v) is 2.03. The zero-order valence-corrected chi connectivity index (χ0v) is 12.5. The number of nitrogens with zero attached hydrogens (tertiary/aromatic N) is 1. The van der Waals surface area contributed by atoms with Gasteiger partial charge in [-0.05, 0) is 12.1 Å². The Morgan fingerprint density at radius 1 is 0.667 bits per heavy atom. The predicted octanol–water partition coefficient (Wildman–Crippen LogP) is 5.74. The first-order chi connectivity index (χ1) is 8.46. The van der Waals surface area contributed by atoms with Gasteiger partial charge < -0.3 is 5.11 Å². The number of aromatic hydroxyl groups is 1. The van der Waals surface area contributed by atoms with Gasteiger partial charge in [0, 0.05) is 12.4 Å². The molecule has 1 aromatic carbocycles. The SMILES string of the molecule is Oc1c(Cl)c(Cl)c(Cl)c(Cl)c1Cl.c1ccncc1. The van der Waals surface area contributed by atoms with Crippen molar-refractivity contribution in [3.05, 3.63) is 55.7 Å². The van der Waals surface area contributed by atoms with E-state index in [1.165, 1.54) is 0 Å². The minimum Gasteiger partial charge on any atom is -0.505 e. The van der Waals surface area contributed by atoms with Crippen molar-refractivity contribution in [2.24, 2.45) is 0 Å². The molecular weight excluding hydrogens is 339 g/mol. The van der Waals surface area contributed by atoms with Crippen molar-refractivity contribution in [2.45, 2.75) is 0 Å². The Hall–Kier alpha value is -0.380. The van der Waals surface area contributed by atoms with Gasteiger partial charge in [0.2, 0.25) is 0 Å². The van der Waals surface area contributed by atoms with E-state index in [4.69, 9.17) is 58.0 Å². The van der Waals surface area contributed by atoms with Crippen LogP contribution in [-0.4, -0.2) is 10.1 Å². The summed E-state index contributed by atoms with van der Waals surface area (Å²) >= 11 is 27.9. The molecule has 2 rings (SSSR count). The fraction of sp³-hybridized carbons (Fsp3) is 0. The van der Waals surface area contributed by atoms with E-state index in [0.29, 0.717) is 0 Å². The van der Waals surface area contributed by atoms with Crippen molar-refractivity contribution in [3.63, 3.8) is 0 Å². The molecule has 2 nitrogen and oxygen atoms in total. The topological polar surface area (TPSA) is 33.1 Å². The minimum absolute atomic E-state index is 0.00904. The smallest absolute Gasteiger partial charge is 0.155 e. The van der Waals surface area contributed by atoms with E-state index < -0.39 is 0 Å². The Kier molecular flexibility index (Phi) is 6.33. The Balaban J connectivity index is 0.000000225. The van der Waals surface area contributed by atoms with Crippen LogP contribution in [-0.2, 0) is 0 Å². The fourth-order valence-electron chi connectivity index (χ4n) is 0.906. The first-order valence-corrected chi connectivity index (χ1v) is 6.41. The molecule has 7 heteroatoms. The van der Waals surface area contributed by atoms with Crippen LogP contribution in [0.25, 0.3) is 0 Å². The molecule has 0 amide bonds. The van der Waals surface area contributed by atoms with Crippen molar-refractivity contribution >= 4 is 58.0 Å². The standard InChI is InChI=1S/C6HCl5O.C5H5N/c7-1-2(8)4(10)6(12)5(11)3(1)9;1-2-4-6-5-3-1/h12H;1-5H. The molecule has 1 aromatic heterocycles. The molecule has 96 valence electrons. The lowest BCUT2D eigenvalue weighted by atomic mass is 10.3. The zero-order chi connectivity index (χ0) is 13.7. The molecule has 0 fully saturated rings. The molecule has 0 spiro atoms. The van der Waals surface area contributed by atoms with Crippen LogP contribution in [0.4, 0.5) is 0 Å². The summed E-state index contributed by atoms with van der Waals surface area (Å²) in [6, 6.07) is 5.72. The molecule has 0 saturated carbocycles. The number of halogens is 5. The number of phenols is 1. The van der Waals surface area contributed by atoms with E-state index in [1.54, 1.807) is 12.4 Å². The van der Waals surface area contributed by atoms with Crippen LogP contribution < -0.4 is 0 Å². The second-order valence-electron chi connectivity index (χ2n) is 2.94. The summed E-state index contributed by atoms with van der Waals surface area (Å²) in [5, 5.41) is 9.01. The summed E-state index contributed by atoms with van der Waals surface area (Å²) in [4.78, 5) is 3.78. The molecule has 2 aromatic rings. The summed E-state index contributed by atoms with van der Waals surface area (Å²) in [6.45, 7) is 0. The summed E-state index contributed by atoms with van der Waals surface area (Å²) in [7, 11) is 0. The molecule has 0 saturated heterocycles. The number of pyridine rings is 1. The normalized spacial score (nSPS) is 9.61. The van der Waals surface area contributed by atoms with E-state index in [1.807, 2.05) is 18.2 Å². The lowest BCUT2D eigenvalue weighted by Crippen LogP contribution is -1.78. The van der Waals surface area contributed by atoms with E-state index in [-0.39, 0.29) is 30.9 Å². The zero-order valence-electron chi connectivity index (χ0n) is 8.67. The molecule has 0 atom stereocenters. The van der Waals surface area contributed by atoms with Crippen LogP contribution in [0.5, 0.6) is 5.75 Å². The van der Waals surface area contributed by atoms with Crippen molar-refractivity contribution in [2.75, 3.05) is 0 Å². The number of hydrogen-bond donors (Lipinski definition) is 1. The molecular formula is C11H6Cl5NO. The van der Waals surface area contributed by atoms with Crippen LogP contribution >= 0.6 is 58.0 Å². The third-order valence-electron chi connectivity index (χ3n) is 1.75. The van der Waals surface area contributed by atoms with Crippen LogP contribution in [0.2, 0.25) is 25.1 Å². The van der Waals surface area contributed by atoms with E-state index in [2.05, 4.69) is 4.98 Å². The molecule has 0 unspecified atom stereocenters. The second kappa shape index (κ2) is 7.27. The molecule has 18 heavy (non-hydrogen) atoms. The maximum atomic E-state index is 9.20. The molecule has 0 bridgehead atoms. The van der Waals surface area contributed by atoms with Crippen molar-refractivity contribution in [1.29, 1.82) is 0 Å². The van der Waals surface area contributed by atoms with Crippen LogP contribution in [0, 0.1) is 0 Å². The third-order valence-corrected chi connectivity index (χ3v) is 4.01. The molecule has 0 radical (unpaired) electrons. The minimum atomic E-state index is -0.363. The Morgan fingerprint density at radius 3 is 1.33 bits per heavy atom. The molecule has 1 N–H and O–H groups in total. The maximum Gasteiger partial charge on any atom is 0.155 e. The molecule has 0 aliphatic carbocycles. The van der Waals surface area contributed by atoms with Gasteiger partial charge in [0.15, 0.2) is 5.75 Å². The van der Waals surface area contributed by atoms with Crippen molar-refractivity contribution < 1.29 is 5.11 Å². The number of benzene rings is 1. The highest BCUT2D eigenvalue weighted by atomic mass is 35.5. The molecule has 1 heterocycles. The van der Waals surface area contributed by atoms with Gasteiger partial charge in [0.25, 0.3) is 0 Å². The number of phenolic OH excluding ortho intramolecular Hbond substituents is 1. The van der Waals surface area contributed by atoms with Gasteiger partial charge in [0.05, 0.1) is 15.1 Å². The van der Waals surface area contributed by atoms with Gasteiger partial charge in [0.1, 0.15) is 10.0 Å². The van der Waals surface area contributed by atoms with Gasteiger partial charge in [-0.1, -0.05) is 64.1 Å². The molecule has 0 aliphatic heterocycles. The highest BCUT2D eigenvalue weighted by Crippen LogP contribution is 2.47. The first kappa shape index (κ1) is 15.7. The van der Waals surface area contributed by atoms with Gasteiger partial charge in [-0.25, -0.2) is 0 Å². The quantitative estimate of drug-likeness (QED) is 0.488. The van der Waals surface area contributed by atoms with E-state index in [0.717, 1.165) is 0 Å². The average molecular weight is 345 g/mol. The first-order valence-electron chi connectivity index (χ1n) is 4.52. The number of hydrogen-bond acceptors (Lipinski definition) is 2. The van der Waals surface area contributed by atoms with E-state index in [9.17, 15) is 5.11 Å². The lowest BCUT2D eigenvalue weighted by Gasteiger charge is -2.06. The summed E-state index contributed by atoms with van der Waals surface area (Å²) in [6.07, 6.45) is 3.50. The second-order valence-corrected chi connectivity index (χ2v) is 4.83. The van der Waals surface area contributed by atoms with Crippen LogP contribution in [0.15, 0.2) is 30.6 Å². The summed E-state index contributed by atoms with van der Waals surface area (Å²) in [5.74, 6) is -0.363. The Morgan fingerprint density at radius 2 is 1.06 bits per heavy atom. The summed E-state index contributed by atoms with van der Waals surface area (Å²) in [5.41, 5.74) is 0. The van der Waals surface area contributed by atoms with Gasteiger partial charge in [-0.15, -0.1) is 0 Å². The maximum absolute atomic E-state index is 9.20. The van der Waals surface area contributed by atoms with Crippen molar-refractivity contribution in [3.8, 4) is 5.75 Å². The lowest BCUT2D eigenvalue weighted by molar-refractivity contribution is 0.476. The monoisotopic (exact) mass is 343 g/mol. The Labute approximate surface area is 129 Å². The average Bonchev–Trinajstić information content (AvgIpc) is 2.43.